The Morgan fingerprint density at radius 1 is 1.57 bits per heavy atom. The summed E-state index contributed by atoms with van der Waals surface area (Å²) in [6, 6.07) is 0.00681. The Morgan fingerprint density at radius 2 is 2.36 bits per heavy atom. The fourth-order valence-electron chi connectivity index (χ4n) is 1.44. The second kappa shape index (κ2) is 3.47. The third kappa shape index (κ3) is 2.21. The van der Waals surface area contributed by atoms with E-state index in [0.717, 1.165) is 5.82 Å². The maximum absolute atomic E-state index is 11.2. The Morgan fingerprint density at radius 3 is 2.86 bits per heavy atom. The molecule has 0 spiro atoms. The molecule has 1 aliphatic rings. The summed E-state index contributed by atoms with van der Waals surface area (Å²) >= 11 is 1.27. The summed E-state index contributed by atoms with van der Waals surface area (Å²) in [5.74, 6) is 1.21. The fraction of sp³-hybridized carbons (Fsp3) is 0.714. The summed E-state index contributed by atoms with van der Waals surface area (Å²) in [5.41, 5.74) is 0. The van der Waals surface area contributed by atoms with Gasteiger partial charge in [-0.05, 0) is 13.3 Å². The number of nitrogens with zero attached hydrogens (tertiary/aromatic N) is 2. The lowest BCUT2D eigenvalue weighted by molar-refractivity contribution is 0.602. The Balaban J connectivity index is 2.00. The van der Waals surface area contributed by atoms with Crippen LogP contribution in [0, 0.1) is 6.92 Å². The summed E-state index contributed by atoms with van der Waals surface area (Å²) in [6.45, 7) is 1.81. The zero-order valence-corrected chi connectivity index (χ0v) is 9.36. The van der Waals surface area contributed by atoms with Gasteiger partial charge < -0.3 is 5.32 Å². The summed E-state index contributed by atoms with van der Waals surface area (Å²) in [7, 11) is -2.81. The van der Waals surface area contributed by atoms with Crippen molar-refractivity contribution in [1.29, 1.82) is 0 Å². The zero-order chi connectivity index (χ0) is 10.2. The maximum atomic E-state index is 11.2. The van der Waals surface area contributed by atoms with Crippen LogP contribution in [0.4, 0.5) is 5.13 Å². The van der Waals surface area contributed by atoms with Gasteiger partial charge in [0.25, 0.3) is 0 Å². The molecule has 0 saturated carbocycles. The Kier molecular flexibility index (Phi) is 2.44. The van der Waals surface area contributed by atoms with Crippen LogP contribution in [0.1, 0.15) is 12.2 Å². The first kappa shape index (κ1) is 9.85. The van der Waals surface area contributed by atoms with E-state index >= 15 is 0 Å². The number of hydrogen-bond acceptors (Lipinski definition) is 6. The van der Waals surface area contributed by atoms with Crippen molar-refractivity contribution in [3.05, 3.63) is 5.82 Å². The molecule has 0 amide bonds. The molecule has 14 heavy (non-hydrogen) atoms. The molecule has 1 aromatic heterocycles. The smallest absolute Gasteiger partial charge is 0.202 e. The Hall–Kier alpha value is -0.690. The molecule has 7 heteroatoms. The molecule has 0 aliphatic carbocycles. The van der Waals surface area contributed by atoms with Crippen molar-refractivity contribution in [2.75, 3.05) is 16.8 Å². The van der Waals surface area contributed by atoms with Crippen molar-refractivity contribution in [2.24, 2.45) is 0 Å². The van der Waals surface area contributed by atoms with Crippen LogP contribution in [0.25, 0.3) is 0 Å². The number of hydrogen-bond donors (Lipinski definition) is 1. The van der Waals surface area contributed by atoms with E-state index in [-0.39, 0.29) is 17.5 Å². The first-order valence-corrected chi connectivity index (χ1v) is 6.92. The molecule has 0 radical (unpaired) electrons. The van der Waals surface area contributed by atoms with Crippen LogP contribution < -0.4 is 5.32 Å². The molecule has 1 fully saturated rings. The van der Waals surface area contributed by atoms with Gasteiger partial charge in [0.1, 0.15) is 5.82 Å². The topological polar surface area (TPSA) is 72.0 Å². The van der Waals surface area contributed by atoms with Gasteiger partial charge in [0.2, 0.25) is 5.13 Å². The van der Waals surface area contributed by atoms with Gasteiger partial charge in [-0.1, -0.05) is 0 Å². The normalized spacial score (nSPS) is 25.1. The second-order valence-corrected chi connectivity index (χ2v) is 6.37. The van der Waals surface area contributed by atoms with Gasteiger partial charge in [-0.15, -0.1) is 0 Å². The van der Waals surface area contributed by atoms with E-state index in [1.54, 1.807) is 0 Å². The van der Waals surface area contributed by atoms with Gasteiger partial charge in [-0.2, -0.15) is 4.37 Å². The van der Waals surface area contributed by atoms with Gasteiger partial charge in [0.15, 0.2) is 9.84 Å². The molecule has 5 nitrogen and oxygen atoms in total. The molecule has 2 rings (SSSR count). The van der Waals surface area contributed by atoms with E-state index in [0.29, 0.717) is 11.6 Å². The van der Waals surface area contributed by atoms with Gasteiger partial charge in [-0.3, -0.25) is 0 Å². The molecule has 1 aromatic rings. The maximum Gasteiger partial charge on any atom is 0.202 e. The highest BCUT2D eigenvalue weighted by Gasteiger charge is 2.28. The van der Waals surface area contributed by atoms with Crippen LogP contribution in [0.2, 0.25) is 0 Å². The first-order chi connectivity index (χ1) is 6.55. The molecular weight excluding hydrogens is 222 g/mol. The Bertz CT molecular complexity index is 426. The summed E-state index contributed by atoms with van der Waals surface area (Å²) in [4.78, 5) is 4.12. The molecule has 78 valence electrons. The van der Waals surface area contributed by atoms with Crippen LogP contribution in [-0.4, -0.2) is 35.3 Å². The van der Waals surface area contributed by atoms with E-state index in [1.165, 1.54) is 11.5 Å². The van der Waals surface area contributed by atoms with Crippen molar-refractivity contribution in [1.82, 2.24) is 9.36 Å². The van der Waals surface area contributed by atoms with Crippen LogP contribution in [0.15, 0.2) is 0 Å². The van der Waals surface area contributed by atoms with Crippen molar-refractivity contribution in [2.45, 2.75) is 19.4 Å². The van der Waals surface area contributed by atoms with Crippen molar-refractivity contribution < 1.29 is 8.42 Å². The minimum absolute atomic E-state index is 0.00681. The van der Waals surface area contributed by atoms with Crippen LogP contribution in [0.5, 0.6) is 0 Å². The van der Waals surface area contributed by atoms with Gasteiger partial charge in [-0.25, -0.2) is 13.4 Å². The Labute approximate surface area is 86.6 Å². The second-order valence-electron chi connectivity index (χ2n) is 3.39. The predicted molar refractivity (Wildman–Crippen MR) is 55.3 cm³/mol. The minimum atomic E-state index is -2.81. The average molecular weight is 233 g/mol. The van der Waals surface area contributed by atoms with E-state index in [1.807, 2.05) is 6.92 Å². The highest BCUT2D eigenvalue weighted by molar-refractivity contribution is 7.91. The summed E-state index contributed by atoms with van der Waals surface area (Å²) < 4.78 is 26.3. The molecule has 1 N–H and O–H groups in total. The standard InChI is InChI=1S/C7H11N3O2S2/c1-5-8-7(13-10-5)9-6-2-3-14(11,12)4-6/h6H,2-4H2,1H3,(H,8,9,10). The monoisotopic (exact) mass is 233 g/mol. The lowest BCUT2D eigenvalue weighted by atomic mass is 10.3. The predicted octanol–water partition coefficient (Wildman–Crippen LogP) is 0.446. The molecule has 2 heterocycles. The SMILES string of the molecule is Cc1nsc(NC2CCS(=O)(=O)C2)n1. The number of aromatic nitrogens is 2. The lowest BCUT2D eigenvalue weighted by Crippen LogP contribution is -2.20. The van der Waals surface area contributed by atoms with E-state index in [4.69, 9.17) is 0 Å². The van der Waals surface area contributed by atoms with E-state index in [9.17, 15) is 8.42 Å². The molecule has 1 unspecified atom stereocenters. The summed E-state index contributed by atoms with van der Waals surface area (Å²) in [6.07, 6.45) is 0.668. The quantitative estimate of drug-likeness (QED) is 0.802. The highest BCUT2D eigenvalue weighted by atomic mass is 32.2. The first-order valence-electron chi connectivity index (χ1n) is 4.32. The van der Waals surface area contributed by atoms with Crippen LogP contribution in [0.3, 0.4) is 0 Å². The molecule has 1 saturated heterocycles. The third-order valence-corrected chi connectivity index (χ3v) is 4.59. The van der Waals surface area contributed by atoms with Gasteiger partial charge in [0, 0.05) is 17.6 Å². The van der Waals surface area contributed by atoms with Gasteiger partial charge >= 0.3 is 0 Å². The van der Waals surface area contributed by atoms with E-state index < -0.39 is 9.84 Å². The number of nitrogens with one attached hydrogen (secondary N) is 1. The number of aryl methyl sites for hydroxylation is 1. The zero-order valence-electron chi connectivity index (χ0n) is 7.73. The van der Waals surface area contributed by atoms with Gasteiger partial charge in [0.05, 0.1) is 11.5 Å². The van der Waals surface area contributed by atoms with Crippen LogP contribution in [-0.2, 0) is 9.84 Å². The highest BCUT2D eigenvalue weighted by Crippen LogP contribution is 2.18. The largest absolute Gasteiger partial charge is 0.356 e. The van der Waals surface area contributed by atoms with Crippen molar-refractivity contribution >= 4 is 26.5 Å². The average Bonchev–Trinajstić information content (AvgIpc) is 2.59. The molecule has 0 aromatic carbocycles. The molecule has 1 atom stereocenters. The number of sulfone groups is 1. The third-order valence-electron chi connectivity index (χ3n) is 2.09. The van der Waals surface area contributed by atoms with Crippen molar-refractivity contribution in [3.8, 4) is 0 Å². The number of rotatable bonds is 2. The summed E-state index contributed by atoms with van der Waals surface area (Å²) in [5, 5.41) is 3.80. The minimum Gasteiger partial charge on any atom is -0.356 e. The molecule has 1 aliphatic heterocycles. The number of anilines is 1. The molecule has 0 bridgehead atoms. The fourth-order valence-corrected chi connectivity index (χ4v) is 3.76. The van der Waals surface area contributed by atoms with E-state index in [2.05, 4.69) is 14.7 Å². The van der Waals surface area contributed by atoms with Crippen molar-refractivity contribution in [3.63, 3.8) is 0 Å². The van der Waals surface area contributed by atoms with Crippen LogP contribution >= 0.6 is 11.5 Å². The molecular formula is C7H11N3O2S2. The lowest BCUT2D eigenvalue weighted by Gasteiger charge is -2.07.